The van der Waals surface area contributed by atoms with Crippen LogP contribution in [0.5, 0.6) is 0 Å². The Bertz CT molecular complexity index is 507. The highest BCUT2D eigenvalue weighted by Crippen LogP contribution is 2.28. The van der Waals surface area contributed by atoms with Crippen molar-refractivity contribution >= 4 is 33.0 Å². The van der Waals surface area contributed by atoms with Crippen molar-refractivity contribution in [2.45, 2.75) is 0 Å². The highest BCUT2D eigenvalue weighted by molar-refractivity contribution is 7.89. The monoisotopic (exact) mass is 281 g/mol. The van der Waals surface area contributed by atoms with Crippen LogP contribution in [0.4, 0.5) is 15.8 Å². The number of halogens is 2. The number of nitrogen functional groups attached to an aromatic ring is 1. The first kappa shape index (κ1) is 14.0. The summed E-state index contributed by atoms with van der Waals surface area (Å²) >= 11 is 5.58. The van der Waals surface area contributed by atoms with Crippen LogP contribution in [-0.2, 0) is 10.0 Å². The Morgan fingerprint density at radius 3 is 2.71 bits per heavy atom. The molecule has 0 heterocycles. The predicted octanol–water partition coefficient (Wildman–Crippen LogP) is 1.02. The van der Waals surface area contributed by atoms with E-state index in [2.05, 4.69) is 10.0 Å². The largest absolute Gasteiger partial charge is 0.397 e. The third kappa shape index (κ3) is 3.72. The van der Waals surface area contributed by atoms with Crippen molar-refractivity contribution in [3.05, 3.63) is 23.0 Å². The Morgan fingerprint density at radius 1 is 1.47 bits per heavy atom. The number of hydrogen-bond acceptors (Lipinski definition) is 4. The van der Waals surface area contributed by atoms with E-state index < -0.39 is 15.8 Å². The van der Waals surface area contributed by atoms with Crippen molar-refractivity contribution in [2.24, 2.45) is 0 Å². The number of anilines is 2. The molecular formula is C9H13ClFN3O2S. The number of nitrogens with one attached hydrogen (secondary N) is 2. The maximum Gasteiger partial charge on any atom is 0.213 e. The van der Waals surface area contributed by atoms with Crippen molar-refractivity contribution < 1.29 is 12.8 Å². The highest BCUT2D eigenvalue weighted by Gasteiger charge is 2.12. The summed E-state index contributed by atoms with van der Waals surface area (Å²) in [6, 6.07) is 2.78. The van der Waals surface area contributed by atoms with E-state index in [-0.39, 0.29) is 28.7 Å². The van der Waals surface area contributed by atoms with Gasteiger partial charge in [0, 0.05) is 6.54 Å². The van der Waals surface area contributed by atoms with Crippen LogP contribution in [0.3, 0.4) is 0 Å². The van der Waals surface area contributed by atoms with Crippen LogP contribution >= 0.6 is 11.6 Å². The van der Waals surface area contributed by atoms with Gasteiger partial charge in [0.05, 0.1) is 22.2 Å². The normalized spacial score (nSPS) is 11.5. The second-order valence-electron chi connectivity index (χ2n) is 3.28. The summed E-state index contributed by atoms with van der Waals surface area (Å²) in [5, 5.41) is 2.54. The molecule has 0 amide bonds. The van der Waals surface area contributed by atoms with E-state index in [0.29, 0.717) is 0 Å². The van der Waals surface area contributed by atoms with Gasteiger partial charge in [0.25, 0.3) is 0 Å². The van der Waals surface area contributed by atoms with E-state index in [9.17, 15) is 12.8 Å². The molecule has 1 aromatic rings. The molecule has 1 aromatic carbocycles. The van der Waals surface area contributed by atoms with Gasteiger partial charge in [-0.25, -0.2) is 17.5 Å². The first-order chi connectivity index (χ1) is 7.87. The average Bonchev–Trinajstić information content (AvgIpc) is 2.28. The van der Waals surface area contributed by atoms with Gasteiger partial charge in [-0.2, -0.15) is 0 Å². The van der Waals surface area contributed by atoms with Gasteiger partial charge in [-0.05, 0) is 19.2 Å². The smallest absolute Gasteiger partial charge is 0.213 e. The molecule has 0 aliphatic rings. The van der Waals surface area contributed by atoms with E-state index in [0.717, 1.165) is 0 Å². The summed E-state index contributed by atoms with van der Waals surface area (Å²) in [7, 11) is -2.03. The molecule has 17 heavy (non-hydrogen) atoms. The Morgan fingerprint density at radius 2 is 2.12 bits per heavy atom. The van der Waals surface area contributed by atoms with Gasteiger partial charge < -0.3 is 11.1 Å². The summed E-state index contributed by atoms with van der Waals surface area (Å²) in [5.41, 5.74) is 5.74. The molecule has 8 heteroatoms. The van der Waals surface area contributed by atoms with E-state index in [4.69, 9.17) is 17.3 Å². The fourth-order valence-electron chi connectivity index (χ4n) is 1.16. The molecule has 0 aliphatic carbocycles. The van der Waals surface area contributed by atoms with Crippen molar-refractivity contribution in [1.82, 2.24) is 4.72 Å². The third-order valence-corrected chi connectivity index (χ3v) is 3.77. The molecule has 5 nitrogen and oxygen atoms in total. The van der Waals surface area contributed by atoms with Crippen LogP contribution in [0.25, 0.3) is 0 Å². The fourth-order valence-corrected chi connectivity index (χ4v) is 1.89. The summed E-state index contributed by atoms with van der Waals surface area (Å²) in [6.07, 6.45) is 0. The number of benzene rings is 1. The Hall–Kier alpha value is -1.05. The molecule has 0 saturated heterocycles. The van der Waals surface area contributed by atoms with Gasteiger partial charge in [-0.3, -0.25) is 0 Å². The lowest BCUT2D eigenvalue weighted by Gasteiger charge is -2.11. The van der Waals surface area contributed by atoms with Crippen LogP contribution in [0.1, 0.15) is 0 Å². The molecule has 0 aliphatic heterocycles. The summed E-state index contributed by atoms with van der Waals surface area (Å²) < 4.78 is 37.9. The Kier molecular flexibility index (Phi) is 4.55. The SMILES string of the molecule is CNS(=O)(=O)CCNc1c(N)ccc(Cl)c1F. The van der Waals surface area contributed by atoms with Gasteiger partial charge in [-0.15, -0.1) is 0 Å². The second kappa shape index (κ2) is 5.52. The quantitative estimate of drug-likeness (QED) is 0.704. The molecule has 1 rings (SSSR count). The molecular weight excluding hydrogens is 269 g/mol. The number of hydrogen-bond donors (Lipinski definition) is 3. The minimum atomic E-state index is -3.33. The van der Waals surface area contributed by atoms with Crippen LogP contribution in [0, 0.1) is 5.82 Å². The third-order valence-electron chi connectivity index (χ3n) is 2.11. The molecule has 4 N–H and O–H groups in total. The zero-order valence-electron chi connectivity index (χ0n) is 9.13. The molecule has 0 unspecified atom stereocenters. The topological polar surface area (TPSA) is 84.2 Å². The van der Waals surface area contributed by atoms with Crippen LogP contribution in [0.15, 0.2) is 12.1 Å². The molecule has 0 bridgehead atoms. The standard InChI is InChI=1S/C9H13ClFN3O2S/c1-13-17(15,16)5-4-14-9-7(12)3-2-6(10)8(9)11/h2-3,13-14H,4-5,12H2,1H3. The molecule has 96 valence electrons. The molecule has 0 fully saturated rings. The van der Waals surface area contributed by atoms with Gasteiger partial charge in [0.1, 0.15) is 0 Å². The Balaban J connectivity index is 2.74. The number of rotatable bonds is 5. The lowest BCUT2D eigenvalue weighted by molar-refractivity contribution is 0.588. The van der Waals surface area contributed by atoms with Crippen LogP contribution in [-0.4, -0.2) is 27.8 Å². The Labute approximate surface area is 104 Å². The molecule has 0 aromatic heterocycles. The van der Waals surface area contributed by atoms with Crippen molar-refractivity contribution in [3.63, 3.8) is 0 Å². The molecule has 0 saturated carbocycles. The maximum absolute atomic E-state index is 13.5. The van der Waals surface area contributed by atoms with Crippen molar-refractivity contribution in [2.75, 3.05) is 30.4 Å². The van der Waals surface area contributed by atoms with Gasteiger partial charge in [0.2, 0.25) is 10.0 Å². The summed E-state index contributed by atoms with van der Waals surface area (Å²) in [4.78, 5) is 0. The number of nitrogens with two attached hydrogens (primary N) is 1. The minimum Gasteiger partial charge on any atom is -0.397 e. The average molecular weight is 282 g/mol. The summed E-state index contributed by atoms with van der Waals surface area (Å²) in [5.74, 6) is -0.872. The van der Waals surface area contributed by atoms with E-state index >= 15 is 0 Å². The van der Waals surface area contributed by atoms with Gasteiger partial charge in [-0.1, -0.05) is 11.6 Å². The van der Waals surface area contributed by atoms with Crippen LogP contribution in [0.2, 0.25) is 5.02 Å². The lowest BCUT2D eigenvalue weighted by Crippen LogP contribution is -2.26. The van der Waals surface area contributed by atoms with Crippen LogP contribution < -0.4 is 15.8 Å². The zero-order chi connectivity index (χ0) is 13.1. The fraction of sp³-hybridized carbons (Fsp3) is 0.333. The van der Waals surface area contributed by atoms with Gasteiger partial charge >= 0.3 is 0 Å². The first-order valence-corrected chi connectivity index (χ1v) is 6.79. The summed E-state index contributed by atoms with van der Waals surface area (Å²) in [6.45, 7) is 0.0324. The maximum atomic E-state index is 13.5. The predicted molar refractivity (Wildman–Crippen MR) is 67.2 cm³/mol. The molecule has 0 atom stereocenters. The van der Waals surface area contributed by atoms with E-state index in [1.54, 1.807) is 0 Å². The number of sulfonamides is 1. The lowest BCUT2D eigenvalue weighted by atomic mass is 10.2. The highest BCUT2D eigenvalue weighted by atomic mass is 35.5. The van der Waals surface area contributed by atoms with Gasteiger partial charge in [0.15, 0.2) is 5.82 Å². The van der Waals surface area contributed by atoms with E-state index in [1.807, 2.05) is 0 Å². The molecule has 0 radical (unpaired) electrons. The second-order valence-corrected chi connectivity index (χ2v) is 5.73. The van der Waals surface area contributed by atoms with Crippen molar-refractivity contribution in [1.29, 1.82) is 0 Å². The molecule has 0 spiro atoms. The van der Waals surface area contributed by atoms with Crippen molar-refractivity contribution in [3.8, 4) is 0 Å². The zero-order valence-corrected chi connectivity index (χ0v) is 10.7. The first-order valence-electron chi connectivity index (χ1n) is 4.76. The minimum absolute atomic E-state index is 0.0174. The van der Waals surface area contributed by atoms with E-state index in [1.165, 1.54) is 19.2 Å².